The van der Waals surface area contributed by atoms with Gasteiger partial charge in [0.2, 0.25) is 0 Å². The van der Waals surface area contributed by atoms with E-state index in [1.54, 1.807) is 0 Å². The smallest absolute Gasteiger partial charge is 0.237 e. The average Bonchev–Trinajstić information content (AvgIpc) is 2.90. The molecule has 0 bridgehead atoms. The Balaban J connectivity index is 2.29. The first-order valence-electron chi connectivity index (χ1n) is 8.87. The third-order valence-corrected chi connectivity index (χ3v) is 5.20. The zero-order valence-electron chi connectivity index (χ0n) is 15.9. The lowest BCUT2D eigenvalue weighted by atomic mass is 10.00. The van der Waals surface area contributed by atoms with Gasteiger partial charge in [0, 0.05) is 22.4 Å². The molecule has 2 heterocycles. The molecule has 4 rings (SSSR count). The fourth-order valence-electron chi connectivity index (χ4n) is 3.64. The van der Waals surface area contributed by atoms with Gasteiger partial charge in [-0.1, -0.05) is 12.1 Å². The van der Waals surface area contributed by atoms with Gasteiger partial charge in [-0.2, -0.15) is 4.57 Å². The Bertz CT molecular complexity index is 1150. The quantitative estimate of drug-likeness (QED) is 0.444. The lowest BCUT2D eigenvalue weighted by Crippen LogP contribution is -2.33. The maximum Gasteiger partial charge on any atom is 0.286 e. The number of fused-ring (bicyclic) bond motifs is 3. The maximum atomic E-state index is 8.30. The predicted octanol–water partition coefficient (Wildman–Crippen LogP) is 4.84. The van der Waals surface area contributed by atoms with Crippen molar-refractivity contribution in [1.29, 1.82) is 0 Å². The van der Waals surface area contributed by atoms with Crippen LogP contribution in [0.2, 0.25) is 0 Å². The summed E-state index contributed by atoms with van der Waals surface area (Å²) in [6.07, 6.45) is 0.516. The van der Waals surface area contributed by atoms with Gasteiger partial charge < -0.3 is 0 Å². The highest BCUT2D eigenvalue weighted by Crippen LogP contribution is 2.35. The molecule has 2 aromatic heterocycles. The molecule has 0 aliphatic carbocycles. The lowest BCUT2D eigenvalue weighted by molar-refractivity contribution is -0.665. The third-order valence-electron chi connectivity index (χ3n) is 5.20. The van der Waals surface area contributed by atoms with Crippen molar-refractivity contribution in [3.05, 3.63) is 70.9 Å². The van der Waals surface area contributed by atoms with Gasteiger partial charge >= 0.3 is 0 Å². The molecule has 4 aromatic rings. The topological polar surface area (TPSA) is 8.81 Å². The SMILES string of the molecule is [2H]c1cc(C)cc(-n2c3ccccc3c3cc(C)c(C)c(C)c32)[n+]1C. The minimum atomic E-state index is 0.516. The standard InChI is InChI=1S/C22H23N2/c1-14-10-11-23(5)21(12-14)24-20-9-7-6-8-18(20)19-13-15(2)16(3)17(4)22(19)24/h6-13H,1-5H3/q+1/i11D. The molecule has 2 aromatic carbocycles. The largest absolute Gasteiger partial charge is 0.286 e. The van der Waals surface area contributed by atoms with Gasteiger partial charge in [-0.3, -0.25) is 0 Å². The van der Waals surface area contributed by atoms with Gasteiger partial charge in [0.15, 0.2) is 0 Å². The van der Waals surface area contributed by atoms with Crippen molar-refractivity contribution in [2.75, 3.05) is 0 Å². The summed E-state index contributed by atoms with van der Waals surface area (Å²) < 4.78 is 12.6. The molecule has 2 heteroatoms. The third kappa shape index (κ3) is 1.99. The molecule has 0 aliphatic rings. The van der Waals surface area contributed by atoms with Crippen molar-refractivity contribution in [3.8, 4) is 5.82 Å². The Hall–Kier alpha value is -2.61. The van der Waals surface area contributed by atoms with E-state index >= 15 is 0 Å². The van der Waals surface area contributed by atoms with Crippen molar-refractivity contribution in [3.63, 3.8) is 0 Å². The Morgan fingerprint density at radius 3 is 2.46 bits per heavy atom. The van der Waals surface area contributed by atoms with Crippen LogP contribution in [0.25, 0.3) is 27.6 Å². The highest BCUT2D eigenvalue weighted by Gasteiger charge is 2.23. The number of benzene rings is 2. The number of para-hydroxylation sites is 1. The van der Waals surface area contributed by atoms with E-state index in [0.717, 1.165) is 11.4 Å². The Labute approximate surface area is 144 Å². The van der Waals surface area contributed by atoms with E-state index in [0.29, 0.717) is 6.17 Å². The van der Waals surface area contributed by atoms with Crippen molar-refractivity contribution in [2.24, 2.45) is 7.05 Å². The van der Waals surface area contributed by atoms with Crippen LogP contribution in [0.1, 0.15) is 23.6 Å². The summed E-state index contributed by atoms with van der Waals surface area (Å²) in [6.45, 7) is 8.63. The summed E-state index contributed by atoms with van der Waals surface area (Å²) in [5.41, 5.74) is 7.49. The molecule has 0 fully saturated rings. The molecule has 0 N–H and O–H groups in total. The van der Waals surface area contributed by atoms with Gasteiger partial charge in [-0.15, -0.1) is 0 Å². The van der Waals surface area contributed by atoms with E-state index in [-0.39, 0.29) is 0 Å². The van der Waals surface area contributed by atoms with Crippen LogP contribution in [0.4, 0.5) is 0 Å². The van der Waals surface area contributed by atoms with E-state index in [2.05, 4.69) is 68.7 Å². The summed E-state index contributed by atoms with van der Waals surface area (Å²) >= 11 is 0. The molecule has 0 saturated heterocycles. The Kier molecular flexibility index (Phi) is 2.99. The second-order valence-corrected chi connectivity index (χ2v) is 6.77. The molecule has 0 atom stereocenters. The van der Waals surface area contributed by atoms with Crippen LogP contribution < -0.4 is 4.57 Å². The molecule has 24 heavy (non-hydrogen) atoms. The highest BCUT2D eigenvalue weighted by atomic mass is 15.1. The van der Waals surface area contributed by atoms with E-state index in [1.807, 2.05) is 17.7 Å². The van der Waals surface area contributed by atoms with Gasteiger partial charge in [-0.05, 0) is 68.7 Å². The van der Waals surface area contributed by atoms with Crippen LogP contribution in [-0.2, 0) is 7.05 Å². The van der Waals surface area contributed by atoms with E-state index in [4.69, 9.17) is 1.37 Å². The summed E-state index contributed by atoms with van der Waals surface area (Å²) in [5, 5.41) is 2.54. The molecule has 0 aliphatic heterocycles. The van der Waals surface area contributed by atoms with Crippen LogP contribution in [-0.4, -0.2) is 4.57 Å². The van der Waals surface area contributed by atoms with Gasteiger partial charge in [0.1, 0.15) is 12.4 Å². The van der Waals surface area contributed by atoms with Crippen molar-refractivity contribution in [2.45, 2.75) is 27.7 Å². The predicted molar refractivity (Wildman–Crippen MR) is 101 cm³/mol. The van der Waals surface area contributed by atoms with Gasteiger partial charge in [-0.25, -0.2) is 4.57 Å². The Morgan fingerprint density at radius 1 is 0.917 bits per heavy atom. The normalized spacial score (nSPS) is 12.1. The number of rotatable bonds is 1. The number of hydrogen-bond acceptors (Lipinski definition) is 0. The first-order chi connectivity index (χ1) is 11.9. The zero-order valence-corrected chi connectivity index (χ0v) is 14.9. The molecule has 120 valence electrons. The molecule has 0 saturated carbocycles. The Morgan fingerprint density at radius 2 is 1.67 bits per heavy atom. The minimum Gasteiger partial charge on any atom is -0.237 e. The lowest BCUT2D eigenvalue weighted by Gasteiger charge is -2.09. The van der Waals surface area contributed by atoms with Crippen LogP contribution in [0.15, 0.2) is 48.6 Å². The van der Waals surface area contributed by atoms with Crippen molar-refractivity contribution < 1.29 is 5.94 Å². The number of hydrogen-bond donors (Lipinski definition) is 0. The van der Waals surface area contributed by atoms with Gasteiger partial charge in [0.25, 0.3) is 5.82 Å². The number of pyridine rings is 1. The van der Waals surface area contributed by atoms with E-state index in [9.17, 15) is 0 Å². The monoisotopic (exact) mass is 316 g/mol. The molecular weight excluding hydrogens is 292 g/mol. The maximum absolute atomic E-state index is 8.30. The summed E-state index contributed by atoms with van der Waals surface area (Å²) in [7, 11) is 1.97. The molecule has 0 spiro atoms. The summed E-state index contributed by atoms with van der Waals surface area (Å²) in [6, 6.07) is 14.9. The van der Waals surface area contributed by atoms with Gasteiger partial charge in [0.05, 0.1) is 13.2 Å². The minimum absolute atomic E-state index is 0.516. The van der Waals surface area contributed by atoms with Crippen LogP contribution in [0.5, 0.6) is 0 Å². The van der Waals surface area contributed by atoms with Crippen molar-refractivity contribution >= 4 is 21.8 Å². The molecule has 0 amide bonds. The van der Waals surface area contributed by atoms with Crippen LogP contribution >= 0.6 is 0 Å². The molecule has 0 unspecified atom stereocenters. The molecule has 0 radical (unpaired) electrons. The fourth-order valence-corrected chi connectivity index (χ4v) is 3.64. The number of aromatic nitrogens is 2. The first kappa shape index (κ1) is 13.8. The fraction of sp³-hybridized carbons (Fsp3) is 0.227. The highest BCUT2D eigenvalue weighted by molar-refractivity contribution is 6.10. The van der Waals surface area contributed by atoms with Crippen LogP contribution in [0, 0.1) is 27.7 Å². The first-order valence-corrected chi connectivity index (χ1v) is 8.37. The average molecular weight is 316 g/mol. The number of aryl methyl sites for hydroxylation is 3. The summed E-state index contributed by atoms with van der Waals surface area (Å²) in [4.78, 5) is 0. The molecule has 2 nitrogen and oxygen atoms in total. The number of nitrogens with zero attached hydrogens (tertiary/aromatic N) is 2. The zero-order chi connectivity index (χ0) is 17.9. The second kappa shape index (κ2) is 5.20. The van der Waals surface area contributed by atoms with Crippen molar-refractivity contribution in [1.82, 2.24) is 4.57 Å². The van der Waals surface area contributed by atoms with E-state index in [1.165, 1.54) is 38.5 Å². The van der Waals surface area contributed by atoms with E-state index < -0.39 is 0 Å². The van der Waals surface area contributed by atoms with Crippen LogP contribution in [0.3, 0.4) is 0 Å². The summed E-state index contributed by atoms with van der Waals surface area (Å²) in [5.74, 6) is 1.03. The molecular formula is C22H23N2+. The second-order valence-electron chi connectivity index (χ2n) is 6.77.